The number of methoxy groups -OCH3 is 1. The summed E-state index contributed by atoms with van der Waals surface area (Å²) in [4.78, 5) is 13.3. The molecule has 3 aromatic rings. The molecule has 150 valence electrons. The molecule has 0 fully saturated rings. The lowest BCUT2D eigenvalue weighted by molar-refractivity contribution is -0.116. The molecule has 2 aromatic carbocycles. The molecule has 0 aliphatic carbocycles. The fraction of sp³-hybridized carbons (Fsp3) is 0.286. The van der Waals surface area contributed by atoms with Crippen LogP contribution in [0.5, 0.6) is 5.75 Å². The number of fused-ring (bicyclic) bond motifs is 1. The van der Waals surface area contributed by atoms with Gasteiger partial charge in [-0.3, -0.25) is 4.79 Å². The van der Waals surface area contributed by atoms with Crippen molar-refractivity contribution in [1.29, 1.82) is 0 Å². The van der Waals surface area contributed by atoms with E-state index in [4.69, 9.17) is 4.74 Å². The Hall–Kier alpha value is -3.00. The quantitative estimate of drug-likeness (QED) is 0.671. The van der Waals surface area contributed by atoms with Gasteiger partial charge in [0, 0.05) is 5.69 Å². The number of ether oxygens (including phenoxy) is 1. The summed E-state index contributed by atoms with van der Waals surface area (Å²) >= 11 is 1.42. The predicted octanol–water partition coefficient (Wildman–Crippen LogP) is 3.56. The van der Waals surface area contributed by atoms with E-state index in [9.17, 15) is 4.79 Å². The molecule has 2 N–H and O–H groups in total. The average Bonchev–Trinajstić information content (AvgIpc) is 3.13. The van der Waals surface area contributed by atoms with Gasteiger partial charge in [-0.25, -0.2) is 4.68 Å². The van der Waals surface area contributed by atoms with Crippen LogP contribution in [0.4, 0.5) is 5.69 Å². The van der Waals surface area contributed by atoms with Crippen LogP contribution in [0.25, 0.3) is 0 Å². The van der Waals surface area contributed by atoms with E-state index < -0.39 is 5.25 Å². The van der Waals surface area contributed by atoms with Crippen LogP contribution in [-0.2, 0) is 11.2 Å². The van der Waals surface area contributed by atoms with Crippen LogP contribution < -0.4 is 15.5 Å². The molecular formula is C21H23N5O2S. The molecule has 0 saturated heterocycles. The summed E-state index contributed by atoms with van der Waals surface area (Å²) in [6.07, 6.45) is 0.849. The van der Waals surface area contributed by atoms with Gasteiger partial charge in [-0.15, -0.1) is 10.2 Å². The van der Waals surface area contributed by atoms with Crippen LogP contribution in [0.2, 0.25) is 0 Å². The van der Waals surface area contributed by atoms with Crippen LogP contribution in [-0.4, -0.2) is 33.1 Å². The topological polar surface area (TPSA) is 81.1 Å². The Morgan fingerprint density at radius 2 is 1.97 bits per heavy atom. The first-order valence-corrected chi connectivity index (χ1v) is 10.4. The van der Waals surface area contributed by atoms with Crippen LogP contribution in [0, 0.1) is 6.92 Å². The maximum atomic E-state index is 13.3. The number of anilines is 1. The number of aromatic nitrogens is 3. The summed E-state index contributed by atoms with van der Waals surface area (Å²) in [5, 5.41) is 11.7. The van der Waals surface area contributed by atoms with Crippen LogP contribution in [0.3, 0.4) is 0 Å². The number of aryl methyl sites for hydroxylation is 2. The zero-order chi connectivity index (χ0) is 20.4. The van der Waals surface area contributed by atoms with Crippen molar-refractivity contribution in [3.8, 4) is 5.75 Å². The molecule has 29 heavy (non-hydrogen) atoms. The normalized spacial score (nSPS) is 17.9. The summed E-state index contributed by atoms with van der Waals surface area (Å²) in [7, 11) is 1.64. The number of hydrogen-bond donors (Lipinski definition) is 2. The van der Waals surface area contributed by atoms with Gasteiger partial charge >= 0.3 is 0 Å². The van der Waals surface area contributed by atoms with E-state index in [1.807, 2.05) is 60.1 Å². The minimum atomic E-state index is -0.413. The highest BCUT2D eigenvalue weighted by Crippen LogP contribution is 2.38. The predicted molar refractivity (Wildman–Crippen MR) is 114 cm³/mol. The van der Waals surface area contributed by atoms with Gasteiger partial charge in [0.25, 0.3) is 0 Å². The van der Waals surface area contributed by atoms with E-state index in [0.717, 1.165) is 34.8 Å². The maximum Gasteiger partial charge on any atom is 0.240 e. The lowest BCUT2D eigenvalue weighted by atomic mass is 10.0. The molecule has 1 amide bonds. The molecule has 4 rings (SSSR count). The summed E-state index contributed by atoms with van der Waals surface area (Å²) in [6, 6.07) is 15.4. The third-order valence-corrected chi connectivity index (χ3v) is 6.20. The third kappa shape index (κ3) is 3.80. The van der Waals surface area contributed by atoms with Crippen molar-refractivity contribution < 1.29 is 9.53 Å². The first-order valence-electron chi connectivity index (χ1n) is 9.48. The molecule has 0 spiro atoms. The van der Waals surface area contributed by atoms with E-state index in [1.54, 1.807) is 7.11 Å². The Morgan fingerprint density at radius 3 is 2.69 bits per heavy atom. The minimum Gasteiger partial charge on any atom is -0.497 e. The molecule has 0 saturated carbocycles. The van der Waals surface area contributed by atoms with Gasteiger partial charge in [0.1, 0.15) is 16.8 Å². The Morgan fingerprint density at radius 1 is 1.21 bits per heavy atom. The molecule has 2 heterocycles. The number of hydrogen-bond acceptors (Lipinski definition) is 6. The van der Waals surface area contributed by atoms with Gasteiger partial charge in [-0.1, -0.05) is 49.0 Å². The monoisotopic (exact) mass is 409 g/mol. The second kappa shape index (κ2) is 8.16. The number of nitrogens with one attached hydrogen (secondary N) is 2. The highest BCUT2D eigenvalue weighted by molar-refractivity contribution is 8.00. The Labute approximate surface area is 173 Å². The molecule has 1 aromatic heterocycles. The van der Waals surface area contributed by atoms with Gasteiger partial charge in [0.15, 0.2) is 0 Å². The lowest BCUT2D eigenvalue weighted by Crippen LogP contribution is -2.41. The number of rotatable bonds is 5. The van der Waals surface area contributed by atoms with Crippen molar-refractivity contribution in [3.63, 3.8) is 0 Å². The molecule has 8 heteroatoms. The number of amides is 1. The first kappa shape index (κ1) is 19.3. The van der Waals surface area contributed by atoms with E-state index in [1.165, 1.54) is 11.8 Å². The van der Waals surface area contributed by atoms with E-state index in [-0.39, 0.29) is 11.9 Å². The number of nitrogens with zero attached hydrogens (tertiary/aromatic N) is 3. The minimum absolute atomic E-state index is 0.0730. The number of carbonyl (C=O) groups excluding carboxylic acids is 1. The zero-order valence-corrected chi connectivity index (χ0v) is 17.4. The Balaban J connectivity index is 1.66. The molecule has 0 bridgehead atoms. The first-order chi connectivity index (χ1) is 14.1. The standard InChI is InChI=1S/C21H23N5O2S/c1-4-14-7-5-6-8-17(14)22-20(27)19-18(15-9-11-16(28-3)12-10-15)25-26-13(2)23-24-21(26)29-19/h5-12,18-19,25H,4H2,1-3H3,(H,22,27). The number of thioether (sulfide) groups is 1. The van der Waals surface area contributed by atoms with Crippen molar-refractivity contribution >= 4 is 23.4 Å². The van der Waals surface area contributed by atoms with Crippen molar-refractivity contribution in [2.24, 2.45) is 0 Å². The SMILES string of the molecule is CCc1ccccc1NC(=O)C1Sc2nnc(C)n2NC1c1ccc(OC)cc1. The fourth-order valence-electron chi connectivity index (χ4n) is 3.38. The molecule has 1 aliphatic heterocycles. The second-order valence-corrected chi connectivity index (χ2v) is 7.89. The molecule has 0 radical (unpaired) electrons. The Kier molecular flexibility index (Phi) is 5.44. The maximum absolute atomic E-state index is 13.3. The summed E-state index contributed by atoms with van der Waals surface area (Å²) < 4.78 is 7.10. The van der Waals surface area contributed by atoms with Crippen molar-refractivity contribution in [2.45, 2.75) is 36.7 Å². The molecule has 1 aliphatic rings. The highest BCUT2D eigenvalue weighted by Gasteiger charge is 2.37. The smallest absolute Gasteiger partial charge is 0.240 e. The van der Waals surface area contributed by atoms with Crippen LogP contribution in [0.1, 0.15) is 29.9 Å². The van der Waals surface area contributed by atoms with Gasteiger partial charge in [0.2, 0.25) is 11.1 Å². The molecule has 7 nitrogen and oxygen atoms in total. The largest absolute Gasteiger partial charge is 0.497 e. The van der Waals surface area contributed by atoms with E-state index >= 15 is 0 Å². The van der Waals surface area contributed by atoms with Crippen molar-refractivity contribution in [1.82, 2.24) is 14.9 Å². The van der Waals surface area contributed by atoms with E-state index in [0.29, 0.717) is 5.16 Å². The molecule has 2 atom stereocenters. The number of para-hydroxylation sites is 1. The fourth-order valence-corrected chi connectivity index (χ4v) is 4.50. The Bertz CT molecular complexity index is 1020. The number of benzene rings is 2. The van der Waals surface area contributed by atoms with Crippen molar-refractivity contribution in [3.05, 3.63) is 65.5 Å². The average molecular weight is 410 g/mol. The number of carbonyl (C=O) groups is 1. The van der Waals surface area contributed by atoms with E-state index in [2.05, 4.69) is 27.9 Å². The highest BCUT2D eigenvalue weighted by atomic mass is 32.2. The van der Waals surface area contributed by atoms with Gasteiger partial charge in [-0.2, -0.15) is 0 Å². The van der Waals surface area contributed by atoms with Gasteiger partial charge in [0.05, 0.1) is 13.2 Å². The van der Waals surface area contributed by atoms with Gasteiger partial charge < -0.3 is 15.5 Å². The van der Waals surface area contributed by atoms with Crippen LogP contribution >= 0.6 is 11.8 Å². The third-order valence-electron chi connectivity index (χ3n) is 4.99. The lowest BCUT2D eigenvalue weighted by Gasteiger charge is -2.33. The molecule has 2 unspecified atom stereocenters. The zero-order valence-electron chi connectivity index (χ0n) is 16.5. The molecular weight excluding hydrogens is 386 g/mol. The van der Waals surface area contributed by atoms with Crippen LogP contribution in [0.15, 0.2) is 53.7 Å². The second-order valence-electron chi connectivity index (χ2n) is 6.78. The summed E-state index contributed by atoms with van der Waals surface area (Å²) in [5.41, 5.74) is 6.35. The van der Waals surface area contributed by atoms with Gasteiger partial charge in [-0.05, 0) is 42.7 Å². The summed E-state index contributed by atoms with van der Waals surface area (Å²) in [6.45, 7) is 3.96. The summed E-state index contributed by atoms with van der Waals surface area (Å²) in [5.74, 6) is 1.45. The van der Waals surface area contributed by atoms with Crippen molar-refractivity contribution in [2.75, 3.05) is 17.9 Å².